The van der Waals surface area contributed by atoms with Gasteiger partial charge in [-0.05, 0) is 12.1 Å². The lowest BCUT2D eigenvalue weighted by molar-refractivity contribution is 0.0810. The predicted molar refractivity (Wildman–Crippen MR) is 74.2 cm³/mol. The fourth-order valence-corrected chi connectivity index (χ4v) is 3.64. The first-order chi connectivity index (χ1) is 9.20. The molecule has 1 aliphatic heterocycles. The summed E-state index contributed by atoms with van der Waals surface area (Å²) < 4.78 is 0. The van der Waals surface area contributed by atoms with E-state index in [-0.39, 0.29) is 5.78 Å². The summed E-state index contributed by atoms with van der Waals surface area (Å²) in [6.07, 6.45) is 0. The maximum absolute atomic E-state index is 12.4. The number of benzene rings is 2. The Morgan fingerprint density at radius 1 is 1.00 bits per heavy atom. The summed E-state index contributed by atoms with van der Waals surface area (Å²) in [5.74, 6) is -0.277. The van der Waals surface area contributed by atoms with Crippen molar-refractivity contribution in [1.29, 1.82) is 0 Å². The molecule has 2 aliphatic rings. The zero-order chi connectivity index (χ0) is 13.0. The lowest BCUT2D eigenvalue weighted by atomic mass is 10.1. The van der Waals surface area contributed by atoms with Gasteiger partial charge in [0, 0.05) is 16.0 Å². The maximum Gasteiger partial charge on any atom is 0.222 e. The van der Waals surface area contributed by atoms with E-state index >= 15 is 0 Å². The van der Waals surface area contributed by atoms with Gasteiger partial charge in [0.1, 0.15) is 0 Å². The van der Waals surface area contributed by atoms with Gasteiger partial charge in [0.15, 0.2) is 0 Å². The van der Waals surface area contributed by atoms with E-state index in [1.54, 1.807) is 12.1 Å². The molecule has 1 N–H and O–H groups in total. The number of ketones is 1. The van der Waals surface area contributed by atoms with Gasteiger partial charge in [-0.15, -0.1) is 0 Å². The number of rotatable bonds is 0. The molecule has 4 heteroatoms. The van der Waals surface area contributed by atoms with Crippen LogP contribution >= 0.6 is 11.8 Å². The van der Waals surface area contributed by atoms with E-state index in [0.29, 0.717) is 11.3 Å². The molecule has 2 aromatic rings. The molecule has 1 aliphatic carbocycles. The van der Waals surface area contributed by atoms with Crippen molar-refractivity contribution in [3.05, 3.63) is 59.7 Å². The van der Waals surface area contributed by atoms with Gasteiger partial charge in [-0.2, -0.15) is 0 Å². The van der Waals surface area contributed by atoms with Crippen LogP contribution in [0.2, 0.25) is 0 Å². The third kappa shape index (κ3) is 1.33. The summed E-state index contributed by atoms with van der Waals surface area (Å²) in [5.41, 5.74) is 2.54. The lowest BCUT2D eigenvalue weighted by Crippen LogP contribution is -2.38. The van der Waals surface area contributed by atoms with Crippen LogP contribution in [0.3, 0.4) is 0 Å². The summed E-state index contributed by atoms with van der Waals surface area (Å²) in [4.78, 5) is 16.2. The predicted octanol–water partition coefficient (Wildman–Crippen LogP) is 2.80. The van der Waals surface area contributed by atoms with Crippen LogP contribution in [0, 0.1) is 0 Å². The number of carbonyl (C=O) groups is 1. The number of para-hydroxylation sites is 1. The van der Waals surface area contributed by atoms with E-state index in [9.17, 15) is 9.90 Å². The first-order valence-corrected chi connectivity index (χ1v) is 6.75. The number of Topliss-reactive ketones (excluding diaryl/α,β-unsaturated/α-hetero) is 1. The lowest BCUT2D eigenvalue weighted by Gasteiger charge is -2.26. The Labute approximate surface area is 114 Å². The van der Waals surface area contributed by atoms with Crippen molar-refractivity contribution in [2.75, 3.05) is 0 Å². The average molecular weight is 267 g/mol. The van der Waals surface area contributed by atoms with Crippen LogP contribution in [0.15, 0.2) is 58.4 Å². The van der Waals surface area contributed by atoms with Crippen LogP contribution in [-0.2, 0) is 0 Å². The van der Waals surface area contributed by atoms with E-state index in [4.69, 9.17) is 0 Å². The van der Waals surface area contributed by atoms with E-state index in [2.05, 4.69) is 4.99 Å². The van der Waals surface area contributed by atoms with Crippen molar-refractivity contribution in [1.82, 2.24) is 0 Å². The van der Waals surface area contributed by atoms with Crippen molar-refractivity contribution < 1.29 is 9.90 Å². The van der Waals surface area contributed by atoms with Crippen molar-refractivity contribution in [2.24, 2.45) is 4.99 Å². The number of hydrogen-bond acceptors (Lipinski definition) is 4. The van der Waals surface area contributed by atoms with E-state index in [0.717, 1.165) is 16.1 Å². The summed E-state index contributed by atoms with van der Waals surface area (Å²) >= 11 is 1.17. The minimum absolute atomic E-state index is 0.277. The van der Waals surface area contributed by atoms with Gasteiger partial charge >= 0.3 is 0 Å². The van der Waals surface area contributed by atoms with Gasteiger partial charge in [0.25, 0.3) is 0 Å². The molecule has 2 aromatic carbocycles. The molecule has 0 saturated carbocycles. The number of aliphatic hydroxyl groups is 1. The van der Waals surface area contributed by atoms with Crippen LogP contribution in [0.4, 0.5) is 5.69 Å². The molecule has 1 unspecified atom stereocenters. The Bertz CT molecular complexity index is 753. The highest BCUT2D eigenvalue weighted by Gasteiger charge is 2.52. The number of aliphatic imine (C=N–C) groups is 1. The molecular formula is C15H9NO2S. The smallest absolute Gasteiger partial charge is 0.222 e. The van der Waals surface area contributed by atoms with E-state index in [1.165, 1.54) is 11.8 Å². The second-order valence-corrected chi connectivity index (χ2v) is 5.78. The highest BCUT2D eigenvalue weighted by molar-refractivity contribution is 8.02. The second-order valence-electron chi connectivity index (χ2n) is 4.55. The van der Waals surface area contributed by atoms with Gasteiger partial charge < -0.3 is 5.11 Å². The topological polar surface area (TPSA) is 49.7 Å². The van der Waals surface area contributed by atoms with Crippen molar-refractivity contribution in [3.63, 3.8) is 0 Å². The zero-order valence-corrected chi connectivity index (χ0v) is 10.6. The molecule has 0 amide bonds. The van der Waals surface area contributed by atoms with Gasteiger partial charge in [-0.1, -0.05) is 48.2 Å². The fraction of sp³-hybridized carbons (Fsp3) is 0.0667. The summed E-state index contributed by atoms with van der Waals surface area (Å²) in [7, 11) is 0. The highest BCUT2D eigenvalue weighted by atomic mass is 32.2. The van der Waals surface area contributed by atoms with Gasteiger partial charge in [0.2, 0.25) is 10.7 Å². The van der Waals surface area contributed by atoms with Gasteiger partial charge in [-0.25, -0.2) is 4.99 Å². The van der Waals surface area contributed by atoms with E-state index in [1.807, 2.05) is 36.4 Å². The molecular weight excluding hydrogens is 258 g/mol. The van der Waals surface area contributed by atoms with Crippen molar-refractivity contribution in [3.8, 4) is 0 Å². The number of nitrogens with zero attached hydrogens (tertiary/aromatic N) is 1. The van der Waals surface area contributed by atoms with Crippen molar-refractivity contribution >= 4 is 28.9 Å². The summed E-state index contributed by atoms with van der Waals surface area (Å²) in [5, 5.41) is 10.7. The third-order valence-electron chi connectivity index (χ3n) is 3.41. The molecule has 1 atom stereocenters. The van der Waals surface area contributed by atoms with Crippen molar-refractivity contribution in [2.45, 2.75) is 9.83 Å². The molecule has 92 valence electrons. The Morgan fingerprint density at radius 2 is 1.68 bits per heavy atom. The van der Waals surface area contributed by atoms with E-state index < -0.39 is 4.93 Å². The molecule has 4 rings (SSSR count). The molecule has 3 nitrogen and oxygen atoms in total. The molecule has 0 saturated heterocycles. The maximum atomic E-state index is 12.4. The minimum Gasteiger partial charge on any atom is -0.367 e. The fourth-order valence-electron chi connectivity index (χ4n) is 2.51. The number of thioether (sulfide) groups is 1. The Balaban J connectivity index is 2.03. The Hall–Kier alpha value is -1.91. The molecule has 0 aromatic heterocycles. The van der Waals surface area contributed by atoms with Gasteiger partial charge in [-0.3, -0.25) is 4.79 Å². The first-order valence-electron chi connectivity index (χ1n) is 5.94. The van der Waals surface area contributed by atoms with Crippen LogP contribution in [0.5, 0.6) is 0 Å². The van der Waals surface area contributed by atoms with Gasteiger partial charge in [0.05, 0.1) is 11.4 Å². The Morgan fingerprint density at radius 3 is 2.53 bits per heavy atom. The monoisotopic (exact) mass is 267 g/mol. The highest BCUT2D eigenvalue weighted by Crippen LogP contribution is 2.49. The molecule has 19 heavy (non-hydrogen) atoms. The number of hydrogen-bond donors (Lipinski definition) is 1. The zero-order valence-electron chi connectivity index (χ0n) is 9.83. The molecule has 0 radical (unpaired) electrons. The Kier molecular flexibility index (Phi) is 2.05. The van der Waals surface area contributed by atoms with Crippen LogP contribution in [0.25, 0.3) is 0 Å². The summed E-state index contributed by atoms with van der Waals surface area (Å²) in [6.45, 7) is 0. The normalized spacial score (nSPS) is 23.4. The average Bonchev–Trinajstić information content (AvgIpc) is 2.66. The molecule has 0 spiro atoms. The van der Waals surface area contributed by atoms with Crippen LogP contribution in [0.1, 0.15) is 15.9 Å². The largest absolute Gasteiger partial charge is 0.367 e. The second kappa shape index (κ2) is 3.56. The summed E-state index contributed by atoms with van der Waals surface area (Å²) in [6, 6.07) is 14.8. The molecule has 0 fully saturated rings. The minimum atomic E-state index is -1.57. The SMILES string of the molecule is O=C1c2ccccc2C2=Nc3ccccc3SC12O. The number of fused-ring (bicyclic) bond motifs is 4. The standard InChI is InChI=1S/C15H9NO2S/c17-14-10-6-2-1-5-9(10)13-15(14,18)19-12-8-4-3-7-11(12)16-13/h1-8,18H. The third-order valence-corrected chi connectivity index (χ3v) is 4.65. The van der Waals surface area contributed by atoms with Crippen LogP contribution in [-0.4, -0.2) is 21.5 Å². The molecule has 1 heterocycles. The molecule has 0 bridgehead atoms. The number of carbonyl (C=O) groups excluding carboxylic acids is 1. The first kappa shape index (κ1) is 11.0. The van der Waals surface area contributed by atoms with Crippen LogP contribution < -0.4 is 0 Å². The quantitative estimate of drug-likeness (QED) is 0.798.